The Hall–Kier alpha value is -2.13. The Bertz CT molecular complexity index is 550. The summed E-state index contributed by atoms with van der Waals surface area (Å²) in [7, 11) is 1.50. The molecule has 0 unspecified atom stereocenters. The van der Waals surface area contributed by atoms with Gasteiger partial charge in [-0.1, -0.05) is 12.1 Å². The molecule has 0 saturated heterocycles. The highest BCUT2D eigenvalue weighted by atomic mass is 19.4. The summed E-state index contributed by atoms with van der Waals surface area (Å²) in [4.78, 5) is 23.2. The molecule has 0 saturated carbocycles. The molecule has 0 aliphatic carbocycles. The molecule has 0 heterocycles. The number of methoxy groups -OCH3 is 1. The van der Waals surface area contributed by atoms with Crippen LogP contribution in [0.3, 0.4) is 0 Å². The van der Waals surface area contributed by atoms with E-state index in [0.717, 1.165) is 12.1 Å². The number of hydrogen-bond donors (Lipinski definition) is 2. The van der Waals surface area contributed by atoms with Crippen LogP contribution in [-0.2, 0) is 20.4 Å². The second-order valence-electron chi connectivity index (χ2n) is 4.69. The van der Waals surface area contributed by atoms with Gasteiger partial charge >= 0.3 is 6.18 Å². The monoisotopic (exact) mass is 348 g/mol. The summed E-state index contributed by atoms with van der Waals surface area (Å²) in [6, 6.07) is 4.50. The van der Waals surface area contributed by atoms with Gasteiger partial charge in [-0.25, -0.2) is 0 Å². The van der Waals surface area contributed by atoms with E-state index in [1.165, 1.54) is 19.2 Å². The van der Waals surface area contributed by atoms with Crippen molar-refractivity contribution >= 4 is 11.8 Å². The van der Waals surface area contributed by atoms with Crippen LogP contribution >= 0.6 is 0 Å². The molecule has 1 aromatic carbocycles. The Morgan fingerprint density at radius 1 is 1.08 bits per heavy atom. The Morgan fingerprint density at radius 2 is 1.75 bits per heavy atom. The number of carbonyl (C=O) groups excluding carboxylic acids is 2. The topological polar surface area (TPSA) is 76.7 Å². The molecule has 0 radical (unpaired) electrons. The van der Waals surface area contributed by atoms with Gasteiger partial charge in [-0.05, 0) is 12.1 Å². The standard InChI is InChI=1S/C15H19F3N2O4/c1-23-8-9-24-10-13(21)19-6-7-20-14(22)11-4-2-3-5-12(11)15(16,17)18/h2-5H,6-10H2,1H3,(H,19,21)(H,20,22). The van der Waals surface area contributed by atoms with Crippen molar-refractivity contribution in [2.24, 2.45) is 0 Å². The smallest absolute Gasteiger partial charge is 0.382 e. The van der Waals surface area contributed by atoms with Gasteiger partial charge in [0.05, 0.1) is 24.3 Å². The molecule has 1 aromatic rings. The molecule has 0 atom stereocenters. The quantitative estimate of drug-likeness (QED) is 0.658. The van der Waals surface area contributed by atoms with Gasteiger partial charge in [0.15, 0.2) is 0 Å². The van der Waals surface area contributed by atoms with Crippen molar-refractivity contribution in [3.63, 3.8) is 0 Å². The highest BCUT2D eigenvalue weighted by Gasteiger charge is 2.34. The minimum atomic E-state index is -4.61. The van der Waals surface area contributed by atoms with E-state index in [4.69, 9.17) is 9.47 Å². The molecule has 134 valence electrons. The fourth-order valence-electron chi connectivity index (χ4n) is 1.76. The number of benzene rings is 1. The number of carbonyl (C=O) groups is 2. The van der Waals surface area contributed by atoms with E-state index >= 15 is 0 Å². The van der Waals surface area contributed by atoms with E-state index < -0.39 is 29.1 Å². The van der Waals surface area contributed by atoms with Crippen LogP contribution in [0.2, 0.25) is 0 Å². The van der Waals surface area contributed by atoms with Crippen LogP contribution in [0.4, 0.5) is 13.2 Å². The maximum absolute atomic E-state index is 12.8. The van der Waals surface area contributed by atoms with Crippen molar-refractivity contribution in [1.82, 2.24) is 10.6 Å². The van der Waals surface area contributed by atoms with E-state index in [9.17, 15) is 22.8 Å². The van der Waals surface area contributed by atoms with Gasteiger partial charge < -0.3 is 20.1 Å². The molecular weight excluding hydrogens is 329 g/mol. The number of nitrogens with one attached hydrogen (secondary N) is 2. The fourth-order valence-corrected chi connectivity index (χ4v) is 1.76. The molecular formula is C15H19F3N2O4. The molecule has 0 aliphatic rings. The zero-order chi connectivity index (χ0) is 18.0. The number of ether oxygens (including phenoxy) is 2. The highest BCUT2D eigenvalue weighted by molar-refractivity contribution is 5.95. The summed E-state index contributed by atoms with van der Waals surface area (Å²) in [6.07, 6.45) is -4.61. The normalized spacial score (nSPS) is 11.2. The van der Waals surface area contributed by atoms with Crippen LogP contribution < -0.4 is 10.6 Å². The molecule has 1 rings (SSSR count). The van der Waals surface area contributed by atoms with Gasteiger partial charge in [0.1, 0.15) is 6.61 Å². The number of rotatable bonds is 9. The predicted molar refractivity (Wildman–Crippen MR) is 79.5 cm³/mol. The van der Waals surface area contributed by atoms with Gasteiger partial charge in [0.2, 0.25) is 5.91 Å². The zero-order valence-corrected chi connectivity index (χ0v) is 13.1. The van der Waals surface area contributed by atoms with Crippen molar-refractivity contribution in [2.75, 3.05) is 40.0 Å². The summed E-state index contributed by atoms with van der Waals surface area (Å²) in [5.41, 5.74) is -1.46. The minimum absolute atomic E-state index is 0.00512. The number of halogens is 3. The van der Waals surface area contributed by atoms with Crippen LogP contribution in [0.5, 0.6) is 0 Å². The Labute approximate surface area is 137 Å². The van der Waals surface area contributed by atoms with E-state index in [1.807, 2.05) is 0 Å². The van der Waals surface area contributed by atoms with Crippen LogP contribution in [-0.4, -0.2) is 51.8 Å². The number of hydrogen-bond acceptors (Lipinski definition) is 4. The first-order chi connectivity index (χ1) is 11.4. The van der Waals surface area contributed by atoms with Crippen LogP contribution in [0.25, 0.3) is 0 Å². The summed E-state index contributed by atoms with van der Waals surface area (Å²) < 4.78 is 48.2. The molecule has 0 spiro atoms. The summed E-state index contributed by atoms with van der Waals surface area (Å²) in [5.74, 6) is -1.25. The lowest BCUT2D eigenvalue weighted by molar-refractivity contribution is -0.138. The summed E-state index contributed by atoms with van der Waals surface area (Å²) in [5, 5.41) is 4.80. The number of alkyl halides is 3. The van der Waals surface area contributed by atoms with Crippen LogP contribution in [0.15, 0.2) is 24.3 Å². The maximum Gasteiger partial charge on any atom is 0.417 e. The predicted octanol–water partition coefficient (Wildman–Crippen LogP) is 1.21. The Kier molecular flexibility index (Phi) is 8.20. The van der Waals surface area contributed by atoms with Crippen molar-refractivity contribution in [3.8, 4) is 0 Å². The average molecular weight is 348 g/mol. The van der Waals surface area contributed by atoms with Crippen LogP contribution in [0, 0.1) is 0 Å². The van der Waals surface area contributed by atoms with Crippen molar-refractivity contribution in [3.05, 3.63) is 35.4 Å². The first-order valence-corrected chi connectivity index (χ1v) is 7.14. The zero-order valence-electron chi connectivity index (χ0n) is 13.1. The molecule has 0 aliphatic heterocycles. The molecule has 24 heavy (non-hydrogen) atoms. The van der Waals surface area contributed by atoms with Crippen LogP contribution in [0.1, 0.15) is 15.9 Å². The second kappa shape index (κ2) is 9.89. The lowest BCUT2D eigenvalue weighted by atomic mass is 10.1. The van der Waals surface area contributed by atoms with E-state index in [0.29, 0.717) is 6.61 Å². The first kappa shape index (κ1) is 19.9. The van der Waals surface area contributed by atoms with Crippen molar-refractivity contribution in [2.45, 2.75) is 6.18 Å². The summed E-state index contributed by atoms with van der Waals surface area (Å²) in [6.45, 7) is 0.548. The van der Waals surface area contributed by atoms with Gasteiger partial charge in [-0.15, -0.1) is 0 Å². The average Bonchev–Trinajstić information content (AvgIpc) is 2.54. The number of amides is 2. The molecule has 6 nitrogen and oxygen atoms in total. The third-order valence-electron chi connectivity index (χ3n) is 2.87. The Balaban J connectivity index is 2.36. The third kappa shape index (κ3) is 6.97. The fraction of sp³-hybridized carbons (Fsp3) is 0.467. The summed E-state index contributed by atoms with van der Waals surface area (Å²) >= 11 is 0. The van der Waals surface area contributed by atoms with E-state index in [-0.39, 0.29) is 26.3 Å². The Morgan fingerprint density at radius 3 is 2.42 bits per heavy atom. The molecule has 2 N–H and O–H groups in total. The largest absolute Gasteiger partial charge is 0.417 e. The minimum Gasteiger partial charge on any atom is -0.382 e. The molecule has 0 aromatic heterocycles. The molecule has 0 bridgehead atoms. The lowest BCUT2D eigenvalue weighted by Crippen LogP contribution is -2.37. The first-order valence-electron chi connectivity index (χ1n) is 7.14. The maximum atomic E-state index is 12.8. The third-order valence-corrected chi connectivity index (χ3v) is 2.87. The van der Waals surface area contributed by atoms with Crippen molar-refractivity contribution in [1.29, 1.82) is 0 Å². The van der Waals surface area contributed by atoms with Gasteiger partial charge in [0, 0.05) is 20.2 Å². The molecule has 9 heteroatoms. The van der Waals surface area contributed by atoms with E-state index in [2.05, 4.69) is 10.6 Å². The SMILES string of the molecule is COCCOCC(=O)NCCNC(=O)c1ccccc1C(F)(F)F. The highest BCUT2D eigenvalue weighted by Crippen LogP contribution is 2.31. The molecule has 2 amide bonds. The second-order valence-corrected chi connectivity index (χ2v) is 4.69. The molecule has 0 fully saturated rings. The van der Waals surface area contributed by atoms with Crippen molar-refractivity contribution < 1.29 is 32.2 Å². The van der Waals surface area contributed by atoms with E-state index in [1.54, 1.807) is 0 Å². The lowest BCUT2D eigenvalue weighted by Gasteiger charge is -2.12. The van der Waals surface area contributed by atoms with Gasteiger partial charge in [-0.3, -0.25) is 9.59 Å². The van der Waals surface area contributed by atoms with Gasteiger partial charge in [-0.2, -0.15) is 13.2 Å². The van der Waals surface area contributed by atoms with Gasteiger partial charge in [0.25, 0.3) is 5.91 Å².